The third kappa shape index (κ3) is 2.75. The molecule has 24 heavy (non-hydrogen) atoms. The summed E-state index contributed by atoms with van der Waals surface area (Å²) in [6, 6.07) is 8.53. The molecule has 1 aromatic heterocycles. The highest BCUT2D eigenvalue weighted by Gasteiger charge is 2.37. The Morgan fingerprint density at radius 3 is 2.96 bits per heavy atom. The highest BCUT2D eigenvalue weighted by atomic mass is 16.6. The largest absolute Gasteiger partial charge is 0.447 e. The molecule has 6 heteroatoms. The van der Waals surface area contributed by atoms with E-state index >= 15 is 0 Å². The Morgan fingerprint density at radius 1 is 1.29 bits per heavy atom. The van der Waals surface area contributed by atoms with Crippen molar-refractivity contribution >= 4 is 17.1 Å². The molecular weight excluding hydrogens is 304 g/mol. The first-order chi connectivity index (χ1) is 11.6. The van der Waals surface area contributed by atoms with Gasteiger partial charge in [0.2, 0.25) is 0 Å². The number of amides is 1. The van der Waals surface area contributed by atoms with Crippen LogP contribution in [0.5, 0.6) is 0 Å². The molecular formula is C18H24N4O2. The van der Waals surface area contributed by atoms with Crippen LogP contribution in [0.1, 0.15) is 19.7 Å². The van der Waals surface area contributed by atoms with Gasteiger partial charge in [-0.25, -0.2) is 9.78 Å². The van der Waals surface area contributed by atoms with Crippen molar-refractivity contribution in [2.75, 3.05) is 26.2 Å². The smallest absolute Gasteiger partial charge is 0.410 e. The van der Waals surface area contributed by atoms with Crippen LogP contribution in [0, 0.1) is 5.92 Å². The molecule has 1 aromatic carbocycles. The molecule has 1 amide bonds. The fourth-order valence-corrected chi connectivity index (χ4v) is 3.71. The Balaban J connectivity index is 1.57. The number of piperazine rings is 1. The lowest BCUT2D eigenvalue weighted by Crippen LogP contribution is -2.51. The lowest BCUT2D eigenvalue weighted by molar-refractivity contribution is 0.113. The molecule has 0 N–H and O–H groups in total. The van der Waals surface area contributed by atoms with Crippen molar-refractivity contribution in [1.82, 2.24) is 19.4 Å². The highest BCUT2D eigenvalue weighted by molar-refractivity contribution is 5.75. The Kier molecular flexibility index (Phi) is 3.92. The van der Waals surface area contributed by atoms with Crippen molar-refractivity contribution < 1.29 is 9.53 Å². The van der Waals surface area contributed by atoms with E-state index in [0.29, 0.717) is 12.5 Å². The summed E-state index contributed by atoms with van der Waals surface area (Å²) in [5.41, 5.74) is 2.27. The zero-order valence-corrected chi connectivity index (χ0v) is 14.3. The Labute approximate surface area is 142 Å². The van der Waals surface area contributed by atoms with Gasteiger partial charge in [-0.15, -0.1) is 0 Å². The van der Waals surface area contributed by atoms with E-state index in [2.05, 4.69) is 41.5 Å². The maximum absolute atomic E-state index is 11.6. The molecule has 1 unspecified atom stereocenters. The molecule has 0 spiro atoms. The average molecular weight is 328 g/mol. The lowest BCUT2D eigenvalue weighted by Gasteiger charge is -2.35. The van der Waals surface area contributed by atoms with Crippen LogP contribution in [-0.2, 0) is 17.8 Å². The Hall–Kier alpha value is -2.08. The molecule has 4 rings (SSSR count). The molecule has 0 aliphatic carbocycles. The van der Waals surface area contributed by atoms with Crippen molar-refractivity contribution in [2.45, 2.75) is 33.0 Å². The minimum atomic E-state index is -0.160. The predicted octanol–water partition coefficient (Wildman–Crippen LogP) is 2.33. The third-order valence-electron chi connectivity index (χ3n) is 4.85. The number of hydrogen-bond donors (Lipinski definition) is 0. The van der Waals surface area contributed by atoms with Gasteiger partial charge >= 0.3 is 6.09 Å². The van der Waals surface area contributed by atoms with E-state index in [1.165, 1.54) is 5.52 Å². The van der Waals surface area contributed by atoms with E-state index in [4.69, 9.17) is 9.72 Å². The van der Waals surface area contributed by atoms with Crippen molar-refractivity contribution in [2.24, 2.45) is 5.92 Å². The standard InChI is InChI=1S/C18H24N4O2/c1-13(2)9-22-16-6-4-3-5-15(16)19-17(22)11-20-7-8-21-14(10-20)12-24-18(21)23/h3-6,13-14H,7-12H2,1-2H3. The van der Waals surface area contributed by atoms with Crippen LogP contribution in [0.4, 0.5) is 4.79 Å². The fraction of sp³-hybridized carbons (Fsp3) is 0.556. The van der Waals surface area contributed by atoms with E-state index in [-0.39, 0.29) is 12.1 Å². The number of ether oxygens (including phenoxy) is 1. The summed E-state index contributed by atoms with van der Waals surface area (Å²) in [6.07, 6.45) is -0.160. The SMILES string of the molecule is CC(C)Cn1c(CN2CCN3C(=O)OCC3C2)nc2ccccc21. The van der Waals surface area contributed by atoms with E-state index in [9.17, 15) is 4.79 Å². The normalized spacial score (nSPS) is 21.5. The number of nitrogens with zero attached hydrogens (tertiary/aromatic N) is 4. The van der Waals surface area contributed by atoms with Crippen LogP contribution in [0.25, 0.3) is 11.0 Å². The minimum absolute atomic E-state index is 0.160. The molecule has 0 radical (unpaired) electrons. The number of imidazole rings is 1. The molecule has 3 heterocycles. The van der Waals surface area contributed by atoms with Crippen molar-refractivity contribution in [3.63, 3.8) is 0 Å². The molecule has 2 aliphatic rings. The quantitative estimate of drug-likeness (QED) is 0.864. The van der Waals surface area contributed by atoms with Gasteiger partial charge in [0, 0.05) is 26.2 Å². The second kappa shape index (κ2) is 6.09. The number of cyclic esters (lactones) is 1. The summed E-state index contributed by atoms with van der Waals surface area (Å²) in [5.74, 6) is 1.68. The zero-order valence-electron chi connectivity index (χ0n) is 14.3. The number of rotatable bonds is 4. The average Bonchev–Trinajstić information content (AvgIpc) is 3.09. The molecule has 2 aromatic rings. The molecule has 2 aliphatic heterocycles. The van der Waals surface area contributed by atoms with Crippen LogP contribution < -0.4 is 0 Å². The highest BCUT2D eigenvalue weighted by Crippen LogP contribution is 2.22. The number of benzene rings is 1. The van der Waals surface area contributed by atoms with Crippen LogP contribution >= 0.6 is 0 Å². The molecule has 128 valence electrons. The van der Waals surface area contributed by atoms with Crippen LogP contribution in [0.3, 0.4) is 0 Å². The van der Waals surface area contributed by atoms with E-state index < -0.39 is 0 Å². The maximum Gasteiger partial charge on any atom is 0.410 e. The van der Waals surface area contributed by atoms with Gasteiger partial charge in [-0.05, 0) is 18.1 Å². The minimum Gasteiger partial charge on any atom is -0.447 e. The van der Waals surface area contributed by atoms with E-state index in [0.717, 1.165) is 44.1 Å². The number of aromatic nitrogens is 2. The summed E-state index contributed by atoms with van der Waals surface area (Å²) in [4.78, 5) is 20.7. The number of carbonyl (C=O) groups excluding carboxylic acids is 1. The van der Waals surface area contributed by atoms with E-state index in [1.807, 2.05) is 11.0 Å². The molecule has 0 saturated carbocycles. The van der Waals surface area contributed by atoms with E-state index in [1.54, 1.807) is 0 Å². The first-order valence-corrected chi connectivity index (χ1v) is 8.71. The third-order valence-corrected chi connectivity index (χ3v) is 4.85. The van der Waals surface area contributed by atoms with Gasteiger partial charge in [-0.2, -0.15) is 0 Å². The van der Waals surface area contributed by atoms with Crippen molar-refractivity contribution in [3.05, 3.63) is 30.1 Å². The van der Waals surface area contributed by atoms with Gasteiger partial charge in [0.15, 0.2) is 0 Å². The maximum atomic E-state index is 11.6. The fourth-order valence-electron chi connectivity index (χ4n) is 3.71. The predicted molar refractivity (Wildman–Crippen MR) is 91.7 cm³/mol. The van der Waals surface area contributed by atoms with Crippen molar-refractivity contribution in [3.8, 4) is 0 Å². The van der Waals surface area contributed by atoms with Gasteiger partial charge in [0.05, 0.1) is 23.6 Å². The first-order valence-electron chi connectivity index (χ1n) is 8.71. The summed E-state index contributed by atoms with van der Waals surface area (Å²) >= 11 is 0. The van der Waals surface area contributed by atoms with Crippen LogP contribution in [-0.4, -0.2) is 57.7 Å². The van der Waals surface area contributed by atoms with Gasteiger partial charge in [-0.3, -0.25) is 9.80 Å². The molecule has 1 atom stereocenters. The Morgan fingerprint density at radius 2 is 2.12 bits per heavy atom. The number of carbonyl (C=O) groups is 1. The molecule has 0 bridgehead atoms. The van der Waals surface area contributed by atoms with Gasteiger partial charge in [-0.1, -0.05) is 26.0 Å². The summed E-state index contributed by atoms with van der Waals surface area (Å²) in [5, 5.41) is 0. The number of para-hydroxylation sites is 2. The number of fused-ring (bicyclic) bond motifs is 2. The summed E-state index contributed by atoms with van der Waals surface area (Å²) in [7, 11) is 0. The second-order valence-electron chi connectivity index (χ2n) is 7.18. The number of hydrogen-bond acceptors (Lipinski definition) is 4. The van der Waals surface area contributed by atoms with Crippen molar-refractivity contribution in [1.29, 1.82) is 0 Å². The summed E-state index contributed by atoms with van der Waals surface area (Å²) < 4.78 is 7.51. The first kappa shape index (κ1) is 15.4. The topological polar surface area (TPSA) is 50.6 Å². The molecule has 6 nitrogen and oxygen atoms in total. The van der Waals surface area contributed by atoms with Gasteiger partial charge in [0.25, 0.3) is 0 Å². The van der Waals surface area contributed by atoms with Gasteiger partial charge < -0.3 is 9.30 Å². The monoisotopic (exact) mass is 328 g/mol. The Bertz CT molecular complexity index is 755. The second-order valence-corrected chi connectivity index (χ2v) is 7.18. The molecule has 2 saturated heterocycles. The lowest BCUT2D eigenvalue weighted by atomic mass is 10.2. The summed E-state index contributed by atoms with van der Waals surface area (Å²) in [6.45, 7) is 9.25. The van der Waals surface area contributed by atoms with Gasteiger partial charge in [0.1, 0.15) is 12.4 Å². The molecule has 2 fully saturated rings. The van der Waals surface area contributed by atoms with Crippen LogP contribution in [0.15, 0.2) is 24.3 Å². The zero-order chi connectivity index (χ0) is 16.7. The van der Waals surface area contributed by atoms with Crippen LogP contribution in [0.2, 0.25) is 0 Å².